The Labute approximate surface area is 114 Å². The van der Waals surface area contributed by atoms with Crippen molar-refractivity contribution in [1.29, 1.82) is 0 Å². The first-order chi connectivity index (χ1) is 8.70. The highest BCUT2D eigenvalue weighted by molar-refractivity contribution is 7.89. The van der Waals surface area contributed by atoms with Gasteiger partial charge in [-0.15, -0.1) is 0 Å². The highest BCUT2D eigenvalue weighted by Gasteiger charge is 2.35. The summed E-state index contributed by atoms with van der Waals surface area (Å²) in [6, 6.07) is 3.16. The lowest BCUT2D eigenvalue weighted by molar-refractivity contribution is 0.169. The minimum atomic E-state index is -3.54. The Morgan fingerprint density at radius 3 is 2.79 bits per heavy atom. The Hall–Kier alpha value is -1.14. The molecule has 2 heterocycles. The molecule has 1 aromatic rings. The van der Waals surface area contributed by atoms with Gasteiger partial charge in [0.25, 0.3) is 0 Å². The molecule has 0 radical (unpaired) electrons. The molecule has 1 atom stereocenters. The molecular weight excluding hydrogens is 264 g/mol. The van der Waals surface area contributed by atoms with Gasteiger partial charge in [0.05, 0.1) is 6.54 Å². The minimum absolute atomic E-state index is 0.112. The Balaban J connectivity index is 2.48. The largest absolute Gasteiger partial charge is 0.472 e. The smallest absolute Gasteiger partial charge is 0.248 e. The number of nitrogens with zero attached hydrogens (tertiary/aromatic N) is 2. The summed E-state index contributed by atoms with van der Waals surface area (Å²) in [4.78, 5) is 4.18. The van der Waals surface area contributed by atoms with Gasteiger partial charge in [-0.2, -0.15) is 4.31 Å². The zero-order valence-electron chi connectivity index (χ0n) is 11.8. The first kappa shape index (κ1) is 14.3. The summed E-state index contributed by atoms with van der Waals surface area (Å²) < 4.78 is 32.4. The number of hydrogen-bond donors (Lipinski definition) is 0. The molecule has 19 heavy (non-hydrogen) atoms. The molecule has 6 heteroatoms. The van der Waals surface area contributed by atoms with Crippen LogP contribution in [0.4, 0.5) is 0 Å². The lowest BCUT2D eigenvalue weighted by Crippen LogP contribution is -2.41. The van der Waals surface area contributed by atoms with Crippen LogP contribution in [0.2, 0.25) is 0 Å². The Morgan fingerprint density at radius 1 is 1.47 bits per heavy atom. The molecule has 0 aliphatic carbocycles. The van der Waals surface area contributed by atoms with Crippen LogP contribution in [0.15, 0.2) is 23.2 Å². The molecule has 0 fully saturated rings. The summed E-state index contributed by atoms with van der Waals surface area (Å²) in [5.74, 6) is 0.200. The maximum absolute atomic E-state index is 12.7. The van der Waals surface area contributed by atoms with Gasteiger partial charge in [-0.25, -0.2) is 13.4 Å². The summed E-state index contributed by atoms with van der Waals surface area (Å²) in [5.41, 5.74) is -0.112. The highest BCUT2D eigenvalue weighted by atomic mass is 32.2. The van der Waals surface area contributed by atoms with Crippen molar-refractivity contribution >= 4 is 10.0 Å². The third-order valence-corrected chi connectivity index (χ3v) is 4.60. The van der Waals surface area contributed by atoms with Crippen molar-refractivity contribution < 1.29 is 13.2 Å². The van der Waals surface area contributed by atoms with Crippen LogP contribution in [0.25, 0.3) is 0 Å². The molecule has 0 spiro atoms. The number of fused-ring (bicyclic) bond motifs is 1. The molecular formula is C13H20N2O3S. The van der Waals surface area contributed by atoms with Crippen LogP contribution >= 0.6 is 0 Å². The van der Waals surface area contributed by atoms with Crippen molar-refractivity contribution in [2.75, 3.05) is 13.1 Å². The maximum atomic E-state index is 12.7. The summed E-state index contributed by atoms with van der Waals surface area (Å²) in [5, 5.41) is 0. The van der Waals surface area contributed by atoms with Crippen LogP contribution in [0.3, 0.4) is 0 Å². The van der Waals surface area contributed by atoms with Gasteiger partial charge in [-0.3, -0.25) is 0 Å². The van der Waals surface area contributed by atoms with E-state index in [1.807, 2.05) is 27.7 Å². The van der Waals surface area contributed by atoms with E-state index < -0.39 is 10.0 Å². The average Bonchev–Trinajstić information content (AvgIpc) is 2.34. The van der Waals surface area contributed by atoms with Gasteiger partial charge in [0.1, 0.15) is 11.0 Å². The molecule has 0 aromatic carbocycles. The number of ether oxygens (including phenoxy) is 1. The predicted molar refractivity (Wildman–Crippen MR) is 72.5 cm³/mol. The lowest BCUT2D eigenvalue weighted by atomic mass is 9.97. The van der Waals surface area contributed by atoms with Gasteiger partial charge >= 0.3 is 0 Å². The fourth-order valence-electron chi connectivity index (χ4n) is 2.09. The lowest BCUT2D eigenvalue weighted by Gasteiger charge is -2.28. The van der Waals surface area contributed by atoms with Crippen LogP contribution in [0, 0.1) is 5.41 Å². The van der Waals surface area contributed by atoms with Crippen molar-refractivity contribution in [2.45, 2.75) is 38.7 Å². The number of aromatic nitrogens is 1. The minimum Gasteiger partial charge on any atom is -0.472 e. The van der Waals surface area contributed by atoms with E-state index in [4.69, 9.17) is 4.74 Å². The highest BCUT2D eigenvalue weighted by Crippen LogP contribution is 2.30. The number of sulfonamides is 1. The van der Waals surface area contributed by atoms with Gasteiger partial charge in [0.2, 0.25) is 15.9 Å². The van der Waals surface area contributed by atoms with Gasteiger partial charge in [0.15, 0.2) is 0 Å². The molecule has 1 aliphatic rings. The molecule has 5 nitrogen and oxygen atoms in total. The molecule has 0 amide bonds. The quantitative estimate of drug-likeness (QED) is 0.790. The first-order valence-electron chi connectivity index (χ1n) is 6.32. The van der Waals surface area contributed by atoms with E-state index in [-0.39, 0.29) is 22.3 Å². The summed E-state index contributed by atoms with van der Waals surface area (Å²) in [6.07, 6.45) is 1.33. The standard InChI is InChI=1S/C13H20N2O3S/c1-10-8-15(9-13(2,3)4)19(16,17)11-6-5-7-14-12(11)18-10/h5-7,10H,8-9H2,1-4H3. The van der Waals surface area contributed by atoms with Crippen LogP contribution in [0.5, 0.6) is 5.88 Å². The summed E-state index contributed by atoms with van der Waals surface area (Å²) in [7, 11) is -3.54. The van der Waals surface area contributed by atoms with Crippen molar-refractivity contribution in [1.82, 2.24) is 9.29 Å². The molecule has 1 aromatic heterocycles. The molecule has 2 rings (SSSR count). The van der Waals surface area contributed by atoms with E-state index in [1.54, 1.807) is 18.3 Å². The molecule has 0 bridgehead atoms. The molecule has 0 N–H and O–H groups in total. The second kappa shape index (κ2) is 4.76. The van der Waals surface area contributed by atoms with Gasteiger partial charge in [0, 0.05) is 12.7 Å². The Bertz CT molecular complexity index is 563. The Kier molecular flexibility index (Phi) is 3.57. The first-order valence-corrected chi connectivity index (χ1v) is 7.76. The monoisotopic (exact) mass is 284 g/mol. The fourth-order valence-corrected chi connectivity index (χ4v) is 3.90. The van der Waals surface area contributed by atoms with E-state index >= 15 is 0 Å². The van der Waals surface area contributed by atoms with Crippen molar-refractivity contribution in [2.24, 2.45) is 5.41 Å². The van der Waals surface area contributed by atoms with Crippen LogP contribution < -0.4 is 4.74 Å². The molecule has 1 aliphatic heterocycles. The Morgan fingerprint density at radius 2 is 2.16 bits per heavy atom. The average molecular weight is 284 g/mol. The predicted octanol–water partition coefficient (Wildman–Crippen LogP) is 1.90. The van der Waals surface area contributed by atoms with Gasteiger partial charge in [-0.05, 0) is 24.5 Å². The maximum Gasteiger partial charge on any atom is 0.248 e. The van der Waals surface area contributed by atoms with Crippen LogP contribution in [0.1, 0.15) is 27.7 Å². The van der Waals surface area contributed by atoms with Crippen molar-refractivity contribution in [3.63, 3.8) is 0 Å². The van der Waals surface area contributed by atoms with Gasteiger partial charge < -0.3 is 4.74 Å². The van der Waals surface area contributed by atoms with E-state index in [0.29, 0.717) is 13.1 Å². The van der Waals surface area contributed by atoms with Gasteiger partial charge in [-0.1, -0.05) is 20.8 Å². The number of rotatable bonds is 1. The molecule has 106 valence electrons. The zero-order chi connectivity index (χ0) is 14.3. The fraction of sp³-hybridized carbons (Fsp3) is 0.615. The normalized spacial score (nSPS) is 23.3. The molecule has 0 saturated carbocycles. The number of hydrogen-bond acceptors (Lipinski definition) is 4. The van der Waals surface area contributed by atoms with Crippen molar-refractivity contribution in [3.05, 3.63) is 18.3 Å². The summed E-state index contributed by atoms with van der Waals surface area (Å²) >= 11 is 0. The van der Waals surface area contributed by atoms with E-state index in [1.165, 1.54) is 4.31 Å². The second-order valence-electron chi connectivity index (χ2n) is 6.09. The van der Waals surface area contributed by atoms with Crippen molar-refractivity contribution in [3.8, 4) is 5.88 Å². The van der Waals surface area contributed by atoms with E-state index in [0.717, 1.165) is 0 Å². The van der Waals surface area contributed by atoms with E-state index in [9.17, 15) is 8.42 Å². The zero-order valence-corrected chi connectivity index (χ0v) is 12.6. The molecule has 0 saturated heterocycles. The number of pyridine rings is 1. The van der Waals surface area contributed by atoms with Crippen LogP contribution in [-0.4, -0.2) is 36.9 Å². The third-order valence-electron chi connectivity index (χ3n) is 2.78. The SMILES string of the molecule is CC1CN(CC(C)(C)C)S(=O)(=O)c2cccnc2O1. The third kappa shape index (κ3) is 3.06. The van der Waals surface area contributed by atoms with E-state index in [2.05, 4.69) is 4.98 Å². The van der Waals surface area contributed by atoms with Crippen LogP contribution in [-0.2, 0) is 10.0 Å². The second-order valence-corrected chi connectivity index (χ2v) is 8.00. The molecule has 1 unspecified atom stereocenters. The topological polar surface area (TPSA) is 59.5 Å². The summed E-state index contributed by atoms with van der Waals surface area (Å²) in [6.45, 7) is 8.71.